The Kier molecular flexibility index (Phi) is 3.23. The largest absolute Gasteiger partial charge is 0.379 e. The van der Waals surface area contributed by atoms with Gasteiger partial charge in [-0.3, -0.25) is 9.20 Å². The van der Waals surface area contributed by atoms with Crippen molar-refractivity contribution in [3.05, 3.63) is 63.3 Å². The zero-order valence-electron chi connectivity index (χ0n) is 10.8. The van der Waals surface area contributed by atoms with Crippen LogP contribution in [-0.4, -0.2) is 9.38 Å². The van der Waals surface area contributed by atoms with Crippen molar-refractivity contribution in [1.29, 1.82) is 0 Å². The second kappa shape index (κ2) is 5.05. The number of thiazole rings is 1. The molecule has 3 rings (SSSR count). The van der Waals surface area contributed by atoms with Gasteiger partial charge in [-0.15, -0.1) is 11.3 Å². The number of hydrogen-bond donors (Lipinski definition) is 1. The van der Waals surface area contributed by atoms with Gasteiger partial charge in [0.25, 0.3) is 5.56 Å². The molecule has 1 aromatic carbocycles. The smallest absolute Gasteiger partial charge is 0.259 e. The molecule has 102 valence electrons. The second-order valence-electron chi connectivity index (χ2n) is 4.44. The van der Waals surface area contributed by atoms with E-state index in [1.807, 2.05) is 12.3 Å². The lowest BCUT2D eigenvalue weighted by molar-refractivity contribution is 0.628. The van der Waals surface area contributed by atoms with E-state index in [2.05, 4.69) is 10.3 Å². The number of nitrogens with zero attached hydrogens (tertiary/aromatic N) is 2. The summed E-state index contributed by atoms with van der Waals surface area (Å²) in [7, 11) is 0. The lowest BCUT2D eigenvalue weighted by Crippen LogP contribution is -2.16. The van der Waals surface area contributed by atoms with Crippen molar-refractivity contribution in [3.63, 3.8) is 0 Å². The normalized spacial score (nSPS) is 10.9. The number of benzene rings is 1. The van der Waals surface area contributed by atoms with Crippen molar-refractivity contribution < 1.29 is 4.39 Å². The molecule has 1 N–H and O–H groups in total. The fraction of sp³-hybridized carbons (Fsp3) is 0.143. The van der Waals surface area contributed by atoms with Gasteiger partial charge in [0.15, 0.2) is 4.96 Å². The van der Waals surface area contributed by atoms with Crippen LogP contribution < -0.4 is 10.9 Å². The number of aromatic nitrogens is 2. The molecule has 0 atom stereocenters. The number of hydrogen-bond acceptors (Lipinski definition) is 4. The van der Waals surface area contributed by atoms with Crippen LogP contribution in [0.1, 0.15) is 11.4 Å². The Morgan fingerprint density at radius 2 is 2.25 bits per heavy atom. The first-order valence-corrected chi connectivity index (χ1v) is 6.98. The maximum atomic E-state index is 13.1. The molecule has 0 aliphatic heterocycles. The highest BCUT2D eigenvalue weighted by atomic mass is 32.1. The third kappa shape index (κ3) is 2.42. The summed E-state index contributed by atoms with van der Waals surface area (Å²) >= 11 is 1.43. The molecule has 0 spiro atoms. The van der Waals surface area contributed by atoms with Gasteiger partial charge in [0.2, 0.25) is 0 Å². The zero-order chi connectivity index (χ0) is 14.1. The Labute approximate surface area is 118 Å². The molecule has 0 amide bonds. The Balaban J connectivity index is 1.86. The van der Waals surface area contributed by atoms with Crippen LogP contribution in [0.25, 0.3) is 4.96 Å². The summed E-state index contributed by atoms with van der Waals surface area (Å²) in [6, 6.07) is 7.69. The summed E-state index contributed by atoms with van der Waals surface area (Å²) < 4.78 is 14.6. The topological polar surface area (TPSA) is 46.4 Å². The second-order valence-corrected chi connectivity index (χ2v) is 5.28. The van der Waals surface area contributed by atoms with Crippen LogP contribution in [0.5, 0.6) is 0 Å². The molecule has 4 nitrogen and oxygen atoms in total. The first-order chi connectivity index (χ1) is 9.63. The van der Waals surface area contributed by atoms with Gasteiger partial charge in [-0.05, 0) is 25.1 Å². The number of aryl methyl sites for hydroxylation is 1. The van der Waals surface area contributed by atoms with Gasteiger partial charge in [0, 0.05) is 22.8 Å². The fourth-order valence-electron chi connectivity index (χ4n) is 1.98. The molecule has 0 fully saturated rings. The lowest BCUT2D eigenvalue weighted by Gasteiger charge is -2.06. The van der Waals surface area contributed by atoms with Gasteiger partial charge in [0.05, 0.1) is 12.2 Å². The molecule has 2 aromatic heterocycles. The highest BCUT2D eigenvalue weighted by molar-refractivity contribution is 7.15. The average molecular weight is 289 g/mol. The van der Waals surface area contributed by atoms with Crippen LogP contribution in [0, 0.1) is 12.7 Å². The first kappa shape index (κ1) is 12.8. The molecular weight excluding hydrogens is 277 g/mol. The highest BCUT2D eigenvalue weighted by Crippen LogP contribution is 2.13. The summed E-state index contributed by atoms with van der Waals surface area (Å²) in [5, 5.41) is 4.95. The minimum Gasteiger partial charge on any atom is -0.379 e. The van der Waals surface area contributed by atoms with Gasteiger partial charge in [-0.1, -0.05) is 6.07 Å². The maximum absolute atomic E-state index is 13.1. The fourth-order valence-corrected chi connectivity index (χ4v) is 2.87. The van der Waals surface area contributed by atoms with Gasteiger partial charge in [-0.2, -0.15) is 0 Å². The molecule has 0 saturated carbocycles. The van der Waals surface area contributed by atoms with Gasteiger partial charge < -0.3 is 5.32 Å². The first-order valence-electron chi connectivity index (χ1n) is 6.10. The lowest BCUT2D eigenvalue weighted by atomic mass is 10.3. The van der Waals surface area contributed by atoms with Gasteiger partial charge >= 0.3 is 0 Å². The SMILES string of the molecule is Cc1csc2nc(CNc3cccc(F)c3)cc(=O)n12. The minimum absolute atomic E-state index is 0.0928. The van der Waals surface area contributed by atoms with E-state index in [4.69, 9.17) is 0 Å². The molecule has 3 aromatic rings. The third-order valence-electron chi connectivity index (χ3n) is 2.93. The Hall–Kier alpha value is -2.21. The van der Waals surface area contributed by atoms with Crippen molar-refractivity contribution >= 4 is 22.0 Å². The summed E-state index contributed by atoms with van der Waals surface area (Å²) in [6.45, 7) is 2.25. The van der Waals surface area contributed by atoms with Crippen molar-refractivity contribution in [2.75, 3.05) is 5.32 Å². The van der Waals surface area contributed by atoms with Crippen molar-refractivity contribution in [2.24, 2.45) is 0 Å². The van der Waals surface area contributed by atoms with E-state index in [1.165, 1.54) is 29.5 Å². The average Bonchev–Trinajstić information content (AvgIpc) is 2.79. The minimum atomic E-state index is -0.299. The molecule has 0 unspecified atom stereocenters. The van der Waals surface area contributed by atoms with E-state index in [0.29, 0.717) is 22.9 Å². The summed E-state index contributed by atoms with van der Waals surface area (Å²) in [4.78, 5) is 17.1. The summed E-state index contributed by atoms with van der Waals surface area (Å²) in [5.41, 5.74) is 2.09. The Morgan fingerprint density at radius 3 is 3.05 bits per heavy atom. The maximum Gasteiger partial charge on any atom is 0.259 e. The predicted octanol–water partition coefficient (Wildman–Crippen LogP) is 2.82. The molecular formula is C14H12FN3OS. The molecule has 2 heterocycles. The quantitative estimate of drug-likeness (QED) is 0.806. The molecule has 6 heteroatoms. The van der Waals surface area contributed by atoms with E-state index in [1.54, 1.807) is 16.5 Å². The molecule has 0 aliphatic rings. The van der Waals surface area contributed by atoms with Crippen molar-refractivity contribution in [1.82, 2.24) is 9.38 Å². The third-order valence-corrected chi connectivity index (χ3v) is 3.87. The van der Waals surface area contributed by atoms with Crippen molar-refractivity contribution in [3.8, 4) is 0 Å². The van der Waals surface area contributed by atoms with E-state index < -0.39 is 0 Å². The number of anilines is 1. The standard InChI is InChI=1S/C14H12FN3OS/c1-9-8-20-14-17-12(6-13(19)18(9)14)7-16-11-4-2-3-10(15)5-11/h2-6,8,16H,7H2,1H3. The summed E-state index contributed by atoms with van der Waals surface area (Å²) in [6.07, 6.45) is 0. The van der Waals surface area contributed by atoms with E-state index in [9.17, 15) is 9.18 Å². The Bertz CT molecular complexity index is 825. The molecule has 0 bridgehead atoms. The van der Waals surface area contributed by atoms with Crippen LogP contribution in [-0.2, 0) is 6.54 Å². The molecule has 0 saturated heterocycles. The van der Waals surface area contributed by atoms with Crippen LogP contribution in [0.4, 0.5) is 10.1 Å². The number of halogens is 1. The van der Waals surface area contributed by atoms with Gasteiger partial charge in [-0.25, -0.2) is 9.37 Å². The zero-order valence-corrected chi connectivity index (χ0v) is 11.6. The monoisotopic (exact) mass is 289 g/mol. The number of nitrogens with one attached hydrogen (secondary N) is 1. The van der Waals surface area contributed by atoms with Crippen LogP contribution in [0.2, 0.25) is 0 Å². The van der Waals surface area contributed by atoms with Crippen LogP contribution >= 0.6 is 11.3 Å². The van der Waals surface area contributed by atoms with Crippen molar-refractivity contribution in [2.45, 2.75) is 13.5 Å². The molecule has 0 aliphatic carbocycles. The highest BCUT2D eigenvalue weighted by Gasteiger charge is 2.06. The summed E-state index contributed by atoms with van der Waals surface area (Å²) in [5.74, 6) is -0.299. The molecule has 0 radical (unpaired) electrons. The Morgan fingerprint density at radius 1 is 1.40 bits per heavy atom. The van der Waals surface area contributed by atoms with Crippen LogP contribution in [0.3, 0.4) is 0 Å². The van der Waals surface area contributed by atoms with E-state index >= 15 is 0 Å². The molecule has 20 heavy (non-hydrogen) atoms. The van der Waals surface area contributed by atoms with E-state index in [-0.39, 0.29) is 11.4 Å². The van der Waals surface area contributed by atoms with Gasteiger partial charge in [0.1, 0.15) is 5.82 Å². The van der Waals surface area contributed by atoms with Crippen LogP contribution in [0.15, 0.2) is 40.5 Å². The van der Waals surface area contributed by atoms with E-state index in [0.717, 1.165) is 5.69 Å². The predicted molar refractivity (Wildman–Crippen MR) is 77.8 cm³/mol. The number of fused-ring (bicyclic) bond motifs is 1. The number of rotatable bonds is 3.